The number of amides is 1. The van der Waals surface area contributed by atoms with E-state index in [0.717, 1.165) is 57.7 Å². The smallest absolute Gasteiger partial charge is 0.255 e. The summed E-state index contributed by atoms with van der Waals surface area (Å²) in [6.07, 6.45) is 5.56. The van der Waals surface area contributed by atoms with Gasteiger partial charge in [0, 0.05) is 51.9 Å². The van der Waals surface area contributed by atoms with Gasteiger partial charge in [0.05, 0.1) is 47.5 Å². The zero-order chi connectivity index (χ0) is 27.9. The zero-order valence-corrected chi connectivity index (χ0v) is 23.9. The Morgan fingerprint density at radius 1 is 0.975 bits per heavy atom. The van der Waals surface area contributed by atoms with E-state index >= 15 is 0 Å². The number of morpholine rings is 1. The van der Waals surface area contributed by atoms with E-state index in [1.807, 2.05) is 12.1 Å². The summed E-state index contributed by atoms with van der Waals surface area (Å²) in [6, 6.07) is 8.83. The van der Waals surface area contributed by atoms with E-state index in [2.05, 4.69) is 31.8 Å². The Morgan fingerprint density at radius 3 is 2.40 bits per heavy atom. The van der Waals surface area contributed by atoms with Crippen molar-refractivity contribution in [2.24, 2.45) is 5.41 Å². The van der Waals surface area contributed by atoms with Crippen molar-refractivity contribution < 1.29 is 23.1 Å². The molecule has 1 spiro atoms. The van der Waals surface area contributed by atoms with Gasteiger partial charge in [0.2, 0.25) is 10.0 Å². The minimum Gasteiger partial charge on any atom is -0.395 e. The zero-order valence-electron chi connectivity index (χ0n) is 23.1. The molecule has 0 bridgehead atoms. The molecule has 1 aliphatic carbocycles. The largest absolute Gasteiger partial charge is 0.395 e. The molecule has 3 heterocycles. The molecule has 6 rings (SSSR count). The Balaban J connectivity index is 1.31. The molecule has 2 aromatic rings. The molecule has 0 radical (unpaired) electrons. The monoisotopic (exact) mass is 569 g/mol. The maximum Gasteiger partial charge on any atom is 0.255 e. The van der Waals surface area contributed by atoms with Gasteiger partial charge in [-0.25, -0.2) is 13.1 Å². The molecule has 3 fully saturated rings. The predicted molar refractivity (Wildman–Crippen MR) is 156 cm³/mol. The summed E-state index contributed by atoms with van der Waals surface area (Å²) in [5, 5.41) is 12.2. The fraction of sp³-hybridized carbons (Fsp3) is 0.552. The van der Waals surface area contributed by atoms with Gasteiger partial charge < -0.3 is 29.9 Å². The number of likely N-dealkylation sites (N-methyl/N-ethyl adjacent to an activating group) is 1. The minimum atomic E-state index is -3.79. The number of hydrogen-bond acceptors (Lipinski definition) is 8. The lowest BCUT2D eigenvalue weighted by molar-refractivity contribution is 0.102. The number of piperidine rings is 1. The van der Waals surface area contributed by atoms with E-state index in [-0.39, 0.29) is 24.0 Å². The van der Waals surface area contributed by atoms with Gasteiger partial charge in [-0.05, 0) is 73.4 Å². The quantitative estimate of drug-likeness (QED) is 0.444. The van der Waals surface area contributed by atoms with E-state index in [9.17, 15) is 13.2 Å². The number of hydrogen-bond donors (Lipinski definition) is 3. The second-order valence-corrected chi connectivity index (χ2v) is 13.3. The second kappa shape index (κ2) is 10.8. The maximum atomic E-state index is 13.8. The Hall–Kier alpha value is -2.86. The number of carbonyl (C=O) groups excluding carboxylic acids is 1. The van der Waals surface area contributed by atoms with Crippen LogP contribution in [0.5, 0.6) is 0 Å². The number of carbonyl (C=O) groups is 1. The number of ether oxygens (including phenoxy) is 1. The molecule has 0 unspecified atom stereocenters. The normalized spacial score (nSPS) is 20.1. The Kier molecular flexibility index (Phi) is 7.41. The Bertz CT molecular complexity index is 1380. The lowest BCUT2D eigenvalue weighted by atomic mass is 9.93. The highest BCUT2D eigenvalue weighted by Gasteiger charge is 2.44. The first kappa shape index (κ1) is 27.3. The van der Waals surface area contributed by atoms with Crippen LogP contribution in [0.1, 0.15) is 41.6 Å². The predicted octanol–water partition coefficient (Wildman–Crippen LogP) is 2.42. The van der Waals surface area contributed by atoms with Crippen LogP contribution < -0.4 is 24.7 Å². The van der Waals surface area contributed by atoms with Crippen molar-refractivity contribution in [2.45, 2.75) is 37.0 Å². The fourth-order valence-electron chi connectivity index (χ4n) is 6.29. The van der Waals surface area contributed by atoms with Gasteiger partial charge in [-0.2, -0.15) is 0 Å². The lowest BCUT2D eigenvalue weighted by Gasteiger charge is -2.35. The Morgan fingerprint density at radius 2 is 1.70 bits per heavy atom. The molecule has 40 heavy (non-hydrogen) atoms. The molecule has 11 heteroatoms. The van der Waals surface area contributed by atoms with Crippen molar-refractivity contribution in [1.29, 1.82) is 0 Å². The molecule has 0 atom stereocenters. The summed E-state index contributed by atoms with van der Waals surface area (Å²) in [5.41, 5.74) is 5.78. The number of sulfonamides is 1. The molecule has 0 aromatic heterocycles. The number of aliphatic hydroxyl groups is 1. The number of benzene rings is 2. The number of nitrogens with zero attached hydrogens (tertiary/aromatic N) is 3. The summed E-state index contributed by atoms with van der Waals surface area (Å²) in [7, 11) is -1.70. The Labute approximate surface area is 236 Å². The second-order valence-electron chi connectivity index (χ2n) is 11.5. The van der Waals surface area contributed by atoms with E-state index in [0.29, 0.717) is 35.6 Å². The van der Waals surface area contributed by atoms with E-state index in [1.165, 1.54) is 30.2 Å². The average molecular weight is 570 g/mol. The van der Waals surface area contributed by atoms with Gasteiger partial charge in [-0.1, -0.05) is 0 Å². The lowest BCUT2D eigenvalue weighted by Crippen LogP contribution is -2.37. The number of rotatable bonds is 8. The first-order chi connectivity index (χ1) is 19.3. The molecule has 4 aliphatic rings. The number of aliphatic hydroxyl groups excluding tert-OH is 1. The molecular weight excluding hydrogens is 530 g/mol. The summed E-state index contributed by atoms with van der Waals surface area (Å²) in [4.78, 5) is 20.6. The van der Waals surface area contributed by atoms with Crippen molar-refractivity contribution in [2.75, 3.05) is 86.2 Å². The van der Waals surface area contributed by atoms with Crippen LogP contribution in [-0.4, -0.2) is 85.6 Å². The van der Waals surface area contributed by atoms with Crippen LogP contribution in [0.15, 0.2) is 35.2 Å². The highest BCUT2D eigenvalue weighted by Crippen LogP contribution is 2.54. The summed E-state index contributed by atoms with van der Waals surface area (Å²) >= 11 is 0. The minimum absolute atomic E-state index is 0.0542. The van der Waals surface area contributed by atoms with Gasteiger partial charge in [-0.3, -0.25) is 4.79 Å². The summed E-state index contributed by atoms with van der Waals surface area (Å²) in [6.45, 7) is 5.12. The molecule has 1 amide bonds. The maximum absolute atomic E-state index is 13.8. The highest BCUT2D eigenvalue weighted by molar-refractivity contribution is 7.89. The topological polar surface area (TPSA) is 114 Å². The summed E-state index contributed by atoms with van der Waals surface area (Å²) < 4.78 is 33.7. The van der Waals surface area contributed by atoms with Gasteiger partial charge in [0.25, 0.3) is 5.91 Å². The highest BCUT2D eigenvalue weighted by atomic mass is 32.2. The van der Waals surface area contributed by atoms with Crippen LogP contribution in [0.3, 0.4) is 0 Å². The first-order valence-electron chi connectivity index (χ1n) is 14.3. The van der Waals surface area contributed by atoms with Gasteiger partial charge in [0.1, 0.15) is 0 Å². The van der Waals surface area contributed by atoms with Crippen LogP contribution in [0, 0.1) is 5.41 Å². The van der Waals surface area contributed by atoms with Crippen molar-refractivity contribution in [3.63, 3.8) is 0 Å². The molecule has 2 aromatic carbocycles. The SMILES string of the molecule is CN1CCc2cc(C(=O)Nc3ccc(S(=O)(=O)NCCO)cc3N3CCC4(CC3)CC4)cc(N3CCOCC3)c21. The van der Waals surface area contributed by atoms with Crippen molar-refractivity contribution in [3.05, 3.63) is 41.5 Å². The van der Waals surface area contributed by atoms with Gasteiger partial charge in [-0.15, -0.1) is 0 Å². The van der Waals surface area contributed by atoms with E-state index in [4.69, 9.17) is 9.84 Å². The molecule has 10 nitrogen and oxygen atoms in total. The standard InChI is InChI=1S/C29H39N5O5S/c1-32-10-4-21-18-22(19-26(27(21)32)34-13-16-39-17-14-34)28(36)31-24-3-2-23(40(37,38)30-9-15-35)20-25(24)33-11-7-29(5-6-29)8-12-33/h2-3,18-20,30,35H,4-17H2,1H3,(H,31,36). The summed E-state index contributed by atoms with van der Waals surface area (Å²) in [5.74, 6) is -0.210. The van der Waals surface area contributed by atoms with Crippen molar-refractivity contribution >= 4 is 38.7 Å². The van der Waals surface area contributed by atoms with Crippen LogP contribution in [0.4, 0.5) is 22.7 Å². The van der Waals surface area contributed by atoms with Crippen LogP contribution in [0.2, 0.25) is 0 Å². The third-order valence-corrected chi connectivity index (χ3v) is 10.4. The first-order valence-corrected chi connectivity index (χ1v) is 15.8. The van der Waals surface area contributed by atoms with Crippen molar-refractivity contribution in [1.82, 2.24) is 4.72 Å². The van der Waals surface area contributed by atoms with Crippen molar-refractivity contribution in [3.8, 4) is 0 Å². The van der Waals surface area contributed by atoms with Gasteiger partial charge in [0.15, 0.2) is 0 Å². The average Bonchev–Trinajstić information content (AvgIpc) is 3.62. The molecule has 3 aliphatic heterocycles. The fourth-order valence-corrected chi connectivity index (χ4v) is 7.33. The van der Waals surface area contributed by atoms with Crippen LogP contribution in [-0.2, 0) is 21.2 Å². The molecular formula is C29H39N5O5S. The molecule has 2 saturated heterocycles. The number of fused-ring (bicyclic) bond motifs is 1. The van der Waals surface area contributed by atoms with E-state index < -0.39 is 10.0 Å². The third kappa shape index (κ3) is 5.39. The molecule has 216 valence electrons. The van der Waals surface area contributed by atoms with Crippen LogP contribution in [0.25, 0.3) is 0 Å². The third-order valence-electron chi connectivity index (χ3n) is 8.93. The molecule has 1 saturated carbocycles. The van der Waals surface area contributed by atoms with Gasteiger partial charge >= 0.3 is 0 Å². The number of nitrogens with one attached hydrogen (secondary N) is 2. The van der Waals surface area contributed by atoms with E-state index in [1.54, 1.807) is 12.1 Å². The van der Waals surface area contributed by atoms with Crippen LogP contribution >= 0.6 is 0 Å². The number of anilines is 4. The molecule has 3 N–H and O–H groups in total.